The lowest BCUT2D eigenvalue weighted by Crippen LogP contribution is -2.24. The summed E-state index contributed by atoms with van der Waals surface area (Å²) in [5.74, 6) is 2.72. The summed E-state index contributed by atoms with van der Waals surface area (Å²) >= 11 is 3.69. The van der Waals surface area contributed by atoms with Gasteiger partial charge in [0.1, 0.15) is 17.3 Å². The number of unbranched alkanes of at least 4 members (excludes halogenated alkanes) is 1. The first-order valence-electron chi connectivity index (χ1n) is 14.5. The van der Waals surface area contributed by atoms with Crippen molar-refractivity contribution < 1.29 is 9.47 Å². The van der Waals surface area contributed by atoms with E-state index in [-0.39, 0.29) is 0 Å². The van der Waals surface area contributed by atoms with Crippen LogP contribution in [0.5, 0.6) is 11.5 Å². The molecule has 0 saturated carbocycles. The van der Waals surface area contributed by atoms with Gasteiger partial charge in [0.25, 0.3) is 0 Å². The van der Waals surface area contributed by atoms with Gasteiger partial charge in [-0.2, -0.15) is 0 Å². The van der Waals surface area contributed by atoms with Gasteiger partial charge in [0.15, 0.2) is 0 Å². The van der Waals surface area contributed by atoms with E-state index in [1.807, 2.05) is 18.2 Å². The maximum absolute atomic E-state index is 5.50. The van der Waals surface area contributed by atoms with Crippen LogP contribution in [0.15, 0.2) is 108 Å². The fourth-order valence-electron chi connectivity index (χ4n) is 5.27. The van der Waals surface area contributed by atoms with Crippen molar-refractivity contribution in [2.75, 3.05) is 14.2 Å². The van der Waals surface area contributed by atoms with Gasteiger partial charge in [0.05, 0.1) is 30.1 Å². The molecule has 5 rings (SSSR count). The molecule has 0 saturated heterocycles. The summed E-state index contributed by atoms with van der Waals surface area (Å²) in [6.45, 7) is 5.45. The first-order valence-corrected chi connectivity index (χ1v) is 15.3. The van der Waals surface area contributed by atoms with Gasteiger partial charge >= 0.3 is 0 Å². The predicted octanol–water partition coefficient (Wildman–Crippen LogP) is 9.00. The van der Waals surface area contributed by atoms with Crippen molar-refractivity contribution in [3.8, 4) is 34.1 Å². The van der Waals surface area contributed by atoms with E-state index in [1.54, 1.807) is 14.2 Å². The van der Waals surface area contributed by atoms with Crippen molar-refractivity contribution in [3.05, 3.63) is 124 Å². The number of nitrogens with zero attached hydrogens (tertiary/aromatic N) is 3. The standard InChI is InChI=1S/C36H38BrN3O2/c1-4-5-22-40-33(35(29-12-8-6-9-13-29)38-36(40)30-14-10-7-11-15-30)26-39(24-27-16-19-31(41-2)20-17-27)25-28-18-21-34(42-3)32(37)23-28/h6-21,23H,4-5,22,24-26H2,1-3H3. The second-order valence-electron chi connectivity index (χ2n) is 10.4. The number of imidazole rings is 1. The number of methoxy groups -OCH3 is 2. The fraction of sp³-hybridized carbons (Fsp3) is 0.250. The first kappa shape index (κ1) is 29.6. The molecule has 1 aromatic heterocycles. The van der Waals surface area contributed by atoms with E-state index in [0.29, 0.717) is 0 Å². The molecule has 0 amide bonds. The molecule has 0 aliphatic heterocycles. The molecule has 216 valence electrons. The molecule has 42 heavy (non-hydrogen) atoms. The number of rotatable bonds is 13. The Labute approximate surface area is 257 Å². The van der Waals surface area contributed by atoms with Crippen molar-refractivity contribution in [2.45, 2.75) is 45.9 Å². The molecule has 5 nitrogen and oxygen atoms in total. The van der Waals surface area contributed by atoms with Crippen LogP contribution in [0.3, 0.4) is 0 Å². The van der Waals surface area contributed by atoms with Crippen molar-refractivity contribution >= 4 is 15.9 Å². The first-order chi connectivity index (χ1) is 20.6. The van der Waals surface area contributed by atoms with Gasteiger partial charge in [-0.05, 0) is 57.7 Å². The van der Waals surface area contributed by atoms with Crippen LogP contribution in [0.4, 0.5) is 0 Å². The Morgan fingerprint density at radius 3 is 2.00 bits per heavy atom. The van der Waals surface area contributed by atoms with Gasteiger partial charge in [0.2, 0.25) is 0 Å². The quantitative estimate of drug-likeness (QED) is 0.131. The minimum atomic E-state index is 0.740. The Hall–Kier alpha value is -3.87. The summed E-state index contributed by atoms with van der Waals surface area (Å²) in [6, 6.07) is 35.8. The molecular weight excluding hydrogens is 586 g/mol. The van der Waals surface area contributed by atoms with E-state index in [1.165, 1.54) is 16.8 Å². The summed E-state index contributed by atoms with van der Waals surface area (Å²) in [6.07, 6.45) is 2.20. The lowest BCUT2D eigenvalue weighted by atomic mass is 10.1. The van der Waals surface area contributed by atoms with Crippen LogP contribution < -0.4 is 9.47 Å². The highest BCUT2D eigenvalue weighted by Gasteiger charge is 2.22. The average Bonchev–Trinajstić information content (AvgIpc) is 3.39. The number of hydrogen-bond donors (Lipinski definition) is 0. The van der Waals surface area contributed by atoms with Crippen molar-refractivity contribution in [2.24, 2.45) is 0 Å². The summed E-state index contributed by atoms with van der Waals surface area (Å²) < 4.78 is 14.3. The topological polar surface area (TPSA) is 39.5 Å². The Balaban J connectivity index is 1.60. The largest absolute Gasteiger partial charge is 0.497 e. The number of benzene rings is 4. The lowest BCUT2D eigenvalue weighted by molar-refractivity contribution is 0.241. The molecular formula is C36H38BrN3O2. The SMILES string of the molecule is CCCCn1c(-c2ccccc2)nc(-c2ccccc2)c1CN(Cc1ccc(OC)cc1)Cc1ccc(OC)c(Br)c1. The Morgan fingerprint density at radius 1 is 0.738 bits per heavy atom. The highest BCUT2D eigenvalue weighted by Crippen LogP contribution is 2.32. The molecule has 5 aromatic rings. The number of halogens is 1. The molecule has 0 bridgehead atoms. The van der Waals surface area contributed by atoms with Crippen molar-refractivity contribution in [3.63, 3.8) is 0 Å². The normalized spacial score (nSPS) is 11.2. The van der Waals surface area contributed by atoms with E-state index in [0.717, 1.165) is 77.6 Å². The molecule has 4 aromatic carbocycles. The minimum Gasteiger partial charge on any atom is -0.497 e. The van der Waals surface area contributed by atoms with Crippen LogP contribution in [0, 0.1) is 0 Å². The van der Waals surface area contributed by atoms with Crippen LogP contribution in [0.25, 0.3) is 22.6 Å². The maximum atomic E-state index is 5.50. The molecule has 0 radical (unpaired) electrons. The van der Waals surface area contributed by atoms with Crippen molar-refractivity contribution in [1.29, 1.82) is 0 Å². The highest BCUT2D eigenvalue weighted by molar-refractivity contribution is 9.10. The maximum Gasteiger partial charge on any atom is 0.140 e. The highest BCUT2D eigenvalue weighted by atomic mass is 79.9. The van der Waals surface area contributed by atoms with Crippen LogP contribution in [0.1, 0.15) is 36.6 Å². The van der Waals surface area contributed by atoms with Gasteiger partial charge < -0.3 is 14.0 Å². The van der Waals surface area contributed by atoms with Gasteiger partial charge in [-0.25, -0.2) is 4.98 Å². The third-order valence-corrected chi connectivity index (χ3v) is 8.07. The van der Waals surface area contributed by atoms with Crippen LogP contribution in [-0.4, -0.2) is 28.7 Å². The Bertz CT molecular complexity index is 1570. The molecule has 0 atom stereocenters. The third kappa shape index (κ3) is 7.12. The van der Waals surface area contributed by atoms with E-state index < -0.39 is 0 Å². The van der Waals surface area contributed by atoms with Crippen LogP contribution in [0.2, 0.25) is 0 Å². The molecule has 0 spiro atoms. The van der Waals surface area contributed by atoms with E-state index in [4.69, 9.17) is 14.5 Å². The molecule has 1 heterocycles. The summed E-state index contributed by atoms with van der Waals surface area (Å²) in [4.78, 5) is 7.82. The zero-order valence-electron chi connectivity index (χ0n) is 24.6. The minimum absolute atomic E-state index is 0.740. The van der Waals surface area contributed by atoms with Gasteiger partial charge in [-0.15, -0.1) is 0 Å². The number of ether oxygens (including phenoxy) is 2. The second kappa shape index (κ2) is 14.3. The average molecular weight is 625 g/mol. The second-order valence-corrected chi connectivity index (χ2v) is 11.3. The summed E-state index contributed by atoms with van der Waals surface area (Å²) in [7, 11) is 3.40. The number of aromatic nitrogens is 2. The van der Waals surface area contributed by atoms with Gasteiger partial charge in [-0.3, -0.25) is 4.90 Å². The molecule has 6 heteroatoms. The lowest BCUT2D eigenvalue weighted by Gasteiger charge is -2.25. The van der Waals surface area contributed by atoms with Crippen molar-refractivity contribution in [1.82, 2.24) is 14.5 Å². The monoisotopic (exact) mass is 623 g/mol. The molecule has 0 aliphatic carbocycles. The molecule has 0 aliphatic rings. The van der Waals surface area contributed by atoms with E-state index >= 15 is 0 Å². The smallest absolute Gasteiger partial charge is 0.140 e. The number of hydrogen-bond acceptors (Lipinski definition) is 4. The van der Waals surface area contributed by atoms with Gasteiger partial charge in [0, 0.05) is 37.3 Å². The summed E-state index contributed by atoms with van der Waals surface area (Å²) in [5, 5.41) is 0. The van der Waals surface area contributed by atoms with E-state index in [2.05, 4.69) is 117 Å². The molecule has 0 fully saturated rings. The van der Waals surface area contributed by atoms with Crippen LogP contribution in [-0.2, 0) is 26.2 Å². The molecule has 0 unspecified atom stereocenters. The molecule has 0 N–H and O–H groups in total. The predicted molar refractivity (Wildman–Crippen MR) is 175 cm³/mol. The zero-order valence-corrected chi connectivity index (χ0v) is 26.2. The third-order valence-electron chi connectivity index (χ3n) is 7.45. The zero-order chi connectivity index (χ0) is 29.3. The van der Waals surface area contributed by atoms with Crippen LogP contribution >= 0.6 is 15.9 Å². The van der Waals surface area contributed by atoms with Gasteiger partial charge in [-0.1, -0.05) is 92.2 Å². The Kier molecular flexibility index (Phi) is 10.1. The Morgan fingerprint density at radius 2 is 1.38 bits per heavy atom. The fourth-order valence-corrected chi connectivity index (χ4v) is 5.86. The summed E-state index contributed by atoms with van der Waals surface area (Å²) in [5.41, 5.74) is 6.98. The van der Waals surface area contributed by atoms with E-state index in [9.17, 15) is 0 Å².